The number of aromatic nitrogens is 4. The van der Waals surface area contributed by atoms with Crippen molar-refractivity contribution in [2.75, 3.05) is 27.4 Å². The van der Waals surface area contributed by atoms with E-state index in [0.29, 0.717) is 29.1 Å². The predicted octanol–water partition coefficient (Wildman–Crippen LogP) is 3.69. The van der Waals surface area contributed by atoms with Gasteiger partial charge in [-0.1, -0.05) is 31.7 Å². The van der Waals surface area contributed by atoms with Crippen molar-refractivity contribution in [1.82, 2.24) is 35.7 Å². The lowest BCUT2D eigenvalue weighted by atomic mass is 9.77. The lowest BCUT2D eigenvalue weighted by molar-refractivity contribution is -0.135. The van der Waals surface area contributed by atoms with Crippen LogP contribution in [0.5, 0.6) is 0 Å². The summed E-state index contributed by atoms with van der Waals surface area (Å²) in [5, 5.41) is 13.3. The minimum atomic E-state index is -1.08. The summed E-state index contributed by atoms with van der Waals surface area (Å²) >= 11 is 0. The minimum Gasteiger partial charge on any atom is -0.383 e. The Hall–Kier alpha value is -3.77. The number of amides is 3. The van der Waals surface area contributed by atoms with E-state index in [1.54, 1.807) is 38.2 Å². The Morgan fingerprint density at radius 3 is 2.39 bits per heavy atom. The van der Waals surface area contributed by atoms with Crippen molar-refractivity contribution in [1.29, 1.82) is 0 Å². The maximum absolute atomic E-state index is 14.0. The summed E-state index contributed by atoms with van der Waals surface area (Å²) < 4.78 is 13.2. The normalized spacial score (nSPS) is 19.1. The number of nitrogens with one attached hydrogen (secondary N) is 4. The van der Waals surface area contributed by atoms with Crippen LogP contribution < -0.4 is 16.0 Å². The summed E-state index contributed by atoms with van der Waals surface area (Å²) in [6.07, 6.45) is 9.66. The largest absolute Gasteiger partial charge is 0.383 e. The van der Waals surface area contributed by atoms with E-state index in [2.05, 4.69) is 26.0 Å². The summed E-state index contributed by atoms with van der Waals surface area (Å²) in [6.45, 7) is 4.32. The van der Waals surface area contributed by atoms with Crippen LogP contribution in [0.3, 0.4) is 0 Å². The fraction of sp³-hybridized carbons (Fsp3) is 0.618. The lowest BCUT2D eigenvalue weighted by Crippen LogP contribution is -2.57. The zero-order valence-corrected chi connectivity index (χ0v) is 27.7. The molecular formula is C34H49N7O5. The molecule has 2 aliphatic carbocycles. The van der Waals surface area contributed by atoms with E-state index >= 15 is 0 Å². The maximum atomic E-state index is 14.0. The van der Waals surface area contributed by atoms with E-state index in [9.17, 15) is 14.4 Å². The van der Waals surface area contributed by atoms with Gasteiger partial charge in [-0.3, -0.25) is 19.1 Å². The molecule has 0 aliphatic heterocycles. The van der Waals surface area contributed by atoms with Gasteiger partial charge in [0.1, 0.15) is 23.6 Å². The lowest BCUT2D eigenvalue weighted by Gasteiger charge is -2.36. The molecule has 2 aromatic heterocycles. The number of H-pyrrole nitrogens is 1. The molecule has 2 saturated carbocycles. The van der Waals surface area contributed by atoms with Crippen LogP contribution >= 0.6 is 0 Å². The van der Waals surface area contributed by atoms with Gasteiger partial charge in [0, 0.05) is 34.0 Å². The standard InChI is InChI=1S/C34H49N7O5/c1-6-35-32(43)27(21-13-10-14-21)40-33(44)34(2,20-45-4)23-15-16-24-25(19-23)38-30(37-24)28(29(46-5)22-11-8-7-9-12-22)39-31(42)26-17-18-36-41(26)3/h15-19,21-22,27-29H,6-14,20H2,1-5H3,(H,35,43)(H,37,38)(H,39,42)(H,40,44)/t27-,28?,29?,34?/m1/s1. The molecule has 0 spiro atoms. The quantitative estimate of drug-likeness (QED) is 0.211. The highest BCUT2D eigenvalue weighted by Gasteiger charge is 2.41. The Kier molecular flexibility index (Phi) is 10.8. The molecule has 250 valence electrons. The third-order valence-electron chi connectivity index (χ3n) is 9.96. The summed E-state index contributed by atoms with van der Waals surface area (Å²) in [5.74, 6) is 0.278. The topological polar surface area (TPSA) is 152 Å². The fourth-order valence-corrected chi connectivity index (χ4v) is 7.02. The van der Waals surface area contributed by atoms with Gasteiger partial charge in [0.2, 0.25) is 11.8 Å². The van der Waals surface area contributed by atoms with Crippen molar-refractivity contribution in [3.8, 4) is 0 Å². The number of hydrogen-bond donors (Lipinski definition) is 4. The Labute approximate surface area is 270 Å². The number of carbonyl (C=O) groups is 3. The molecule has 2 heterocycles. The van der Waals surface area contributed by atoms with E-state index in [1.165, 1.54) is 6.42 Å². The molecule has 12 heteroatoms. The van der Waals surface area contributed by atoms with Crippen molar-refractivity contribution < 1.29 is 23.9 Å². The molecule has 5 rings (SSSR count). The first-order valence-electron chi connectivity index (χ1n) is 16.6. The first-order chi connectivity index (χ1) is 22.2. The molecule has 3 aromatic rings. The molecular weight excluding hydrogens is 586 g/mol. The van der Waals surface area contributed by atoms with Gasteiger partial charge >= 0.3 is 0 Å². The monoisotopic (exact) mass is 635 g/mol. The summed E-state index contributed by atoms with van der Waals surface area (Å²) in [4.78, 5) is 48.8. The predicted molar refractivity (Wildman–Crippen MR) is 174 cm³/mol. The number of aromatic amines is 1. The fourth-order valence-electron chi connectivity index (χ4n) is 7.02. The average Bonchev–Trinajstić information content (AvgIpc) is 3.66. The number of fused-ring (bicyclic) bond motifs is 1. The van der Waals surface area contributed by atoms with E-state index in [1.807, 2.05) is 32.0 Å². The van der Waals surface area contributed by atoms with Crippen LogP contribution in [0, 0.1) is 11.8 Å². The van der Waals surface area contributed by atoms with Crippen LogP contribution in [0.25, 0.3) is 11.0 Å². The summed E-state index contributed by atoms with van der Waals surface area (Å²) in [7, 11) is 4.99. The van der Waals surface area contributed by atoms with Gasteiger partial charge in [0.25, 0.3) is 5.91 Å². The molecule has 0 bridgehead atoms. The van der Waals surface area contributed by atoms with Crippen LogP contribution in [-0.4, -0.2) is 77.0 Å². The number of methoxy groups -OCH3 is 2. The molecule has 0 radical (unpaired) electrons. The van der Waals surface area contributed by atoms with Gasteiger partial charge in [0.05, 0.1) is 29.2 Å². The second-order valence-corrected chi connectivity index (χ2v) is 13.0. The smallest absolute Gasteiger partial charge is 0.270 e. The van der Waals surface area contributed by atoms with E-state index in [4.69, 9.17) is 14.5 Å². The Morgan fingerprint density at radius 1 is 1.04 bits per heavy atom. The van der Waals surface area contributed by atoms with E-state index in [-0.39, 0.29) is 42.3 Å². The summed E-state index contributed by atoms with van der Waals surface area (Å²) in [5.41, 5.74) is 1.50. The summed E-state index contributed by atoms with van der Waals surface area (Å²) in [6, 6.07) is 6.24. The molecule has 4 atom stereocenters. The third kappa shape index (κ3) is 6.97. The SMILES string of the molecule is CCNC(=O)[C@H](NC(=O)C(C)(COC)c1ccc2[nH]c(C(NC(=O)c3ccnn3C)C(OC)C3CCCCC3)nc2c1)C1CCC1. The number of imidazole rings is 1. The second kappa shape index (κ2) is 14.8. The number of likely N-dealkylation sites (N-methyl/N-ethyl adjacent to an activating group) is 1. The van der Waals surface area contributed by atoms with Gasteiger partial charge in [-0.2, -0.15) is 5.10 Å². The van der Waals surface area contributed by atoms with Gasteiger partial charge in [-0.15, -0.1) is 0 Å². The van der Waals surface area contributed by atoms with Crippen molar-refractivity contribution in [3.05, 3.63) is 47.5 Å². The van der Waals surface area contributed by atoms with Crippen molar-refractivity contribution in [3.63, 3.8) is 0 Å². The van der Waals surface area contributed by atoms with Gasteiger partial charge in [-0.25, -0.2) is 4.98 Å². The number of aryl methyl sites for hydroxylation is 1. The molecule has 12 nitrogen and oxygen atoms in total. The molecule has 3 amide bonds. The Bertz CT molecular complexity index is 1510. The maximum Gasteiger partial charge on any atom is 0.270 e. The first-order valence-corrected chi connectivity index (χ1v) is 16.6. The highest BCUT2D eigenvalue weighted by molar-refractivity contribution is 5.94. The van der Waals surface area contributed by atoms with Gasteiger partial charge in [0.15, 0.2) is 0 Å². The van der Waals surface area contributed by atoms with Crippen LogP contribution in [0.4, 0.5) is 0 Å². The van der Waals surface area contributed by atoms with Crippen LogP contribution in [0.15, 0.2) is 30.5 Å². The number of hydrogen-bond acceptors (Lipinski definition) is 7. The van der Waals surface area contributed by atoms with E-state index in [0.717, 1.165) is 50.5 Å². The Morgan fingerprint density at radius 2 is 1.78 bits per heavy atom. The van der Waals surface area contributed by atoms with Crippen molar-refractivity contribution >= 4 is 28.8 Å². The number of carbonyl (C=O) groups excluding carboxylic acids is 3. The molecule has 3 unspecified atom stereocenters. The number of nitrogens with zero attached hydrogens (tertiary/aromatic N) is 3. The average molecular weight is 636 g/mol. The minimum absolute atomic E-state index is 0.116. The molecule has 0 saturated heterocycles. The van der Waals surface area contributed by atoms with Gasteiger partial charge < -0.3 is 30.4 Å². The third-order valence-corrected chi connectivity index (χ3v) is 9.96. The molecule has 2 aliphatic rings. The van der Waals surface area contributed by atoms with Crippen LogP contribution in [0.2, 0.25) is 0 Å². The molecule has 1 aromatic carbocycles. The van der Waals surface area contributed by atoms with E-state index < -0.39 is 17.5 Å². The van der Waals surface area contributed by atoms with Gasteiger partial charge in [-0.05, 0) is 75.1 Å². The zero-order chi connectivity index (χ0) is 32.8. The number of benzene rings is 1. The molecule has 46 heavy (non-hydrogen) atoms. The highest BCUT2D eigenvalue weighted by atomic mass is 16.5. The first kappa shape index (κ1) is 33.6. The highest BCUT2D eigenvalue weighted by Crippen LogP contribution is 2.36. The second-order valence-electron chi connectivity index (χ2n) is 13.0. The van der Waals surface area contributed by atoms with Crippen molar-refractivity contribution in [2.24, 2.45) is 18.9 Å². The van der Waals surface area contributed by atoms with Crippen molar-refractivity contribution in [2.45, 2.75) is 88.8 Å². The number of ether oxygens (including phenoxy) is 2. The number of rotatable bonds is 14. The zero-order valence-electron chi connectivity index (χ0n) is 27.7. The van der Waals surface area contributed by atoms with Crippen LogP contribution in [0.1, 0.15) is 93.1 Å². The molecule has 4 N–H and O–H groups in total. The Balaban J connectivity index is 1.47. The molecule has 2 fully saturated rings. The van der Waals surface area contributed by atoms with Crippen LogP contribution in [-0.2, 0) is 31.5 Å².